The topological polar surface area (TPSA) is 64.6 Å². The molecule has 5 nitrogen and oxygen atoms in total. The van der Waals surface area contributed by atoms with Crippen LogP contribution in [0.5, 0.6) is 5.75 Å². The number of ether oxygens (including phenoxy) is 2. The molecule has 1 aliphatic rings. The summed E-state index contributed by atoms with van der Waals surface area (Å²) >= 11 is 1.51. The third-order valence-corrected chi connectivity index (χ3v) is 5.76. The first-order valence-electron chi connectivity index (χ1n) is 9.40. The van der Waals surface area contributed by atoms with Crippen molar-refractivity contribution >= 4 is 28.2 Å². The van der Waals surface area contributed by atoms with Crippen molar-refractivity contribution in [3.63, 3.8) is 0 Å². The van der Waals surface area contributed by atoms with E-state index in [2.05, 4.69) is 5.32 Å². The van der Waals surface area contributed by atoms with Crippen LogP contribution >= 0.6 is 11.3 Å². The average Bonchev–Trinajstić information content (AvgIpc) is 3.21. The highest BCUT2D eigenvalue weighted by Gasteiger charge is 2.28. The van der Waals surface area contributed by atoms with Gasteiger partial charge in [0.1, 0.15) is 10.8 Å². The Labute approximate surface area is 163 Å². The number of aryl methyl sites for hydroxylation is 2. The standard InChI is InChI=1S/C21H25NO4S/c1-3-25-21(24)19-15-9-6-11-17(15)27-20(19)22-18(23)12-7-13-26-16-10-5-4-8-14(16)2/h4-5,8,10H,3,6-7,9,11-13H2,1-2H3,(H,22,23). The molecule has 0 bridgehead atoms. The molecule has 1 aliphatic carbocycles. The molecule has 0 radical (unpaired) electrons. The predicted molar refractivity (Wildman–Crippen MR) is 107 cm³/mol. The zero-order chi connectivity index (χ0) is 19.2. The molecule has 0 fully saturated rings. The highest BCUT2D eigenvalue weighted by Crippen LogP contribution is 2.39. The number of esters is 1. The monoisotopic (exact) mass is 387 g/mol. The van der Waals surface area contributed by atoms with Crippen LogP contribution in [0.4, 0.5) is 5.00 Å². The van der Waals surface area contributed by atoms with E-state index in [4.69, 9.17) is 9.47 Å². The van der Waals surface area contributed by atoms with Gasteiger partial charge >= 0.3 is 5.97 Å². The maximum atomic E-state index is 12.3. The summed E-state index contributed by atoms with van der Waals surface area (Å²) in [5.74, 6) is 0.404. The minimum absolute atomic E-state index is 0.103. The van der Waals surface area contributed by atoms with E-state index in [0.29, 0.717) is 36.6 Å². The second kappa shape index (κ2) is 9.04. The molecular weight excluding hydrogens is 362 g/mol. The largest absolute Gasteiger partial charge is 0.493 e. The van der Waals surface area contributed by atoms with Crippen LogP contribution in [0.3, 0.4) is 0 Å². The number of carbonyl (C=O) groups is 2. The lowest BCUT2D eigenvalue weighted by Crippen LogP contribution is -2.15. The summed E-state index contributed by atoms with van der Waals surface area (Å²) in [6.45, 7) is 4.59. The van der Waals surface area contributed by atoms with Crippen LogP contribution in [0.2, 0.25) is 0 Å². The van der Waals surface area contributed by atoms with Crippen LogP contribution in [-0.4, -0.2) is 25.1 Å². The van der Waals surface area contributed by atoms with Crippen molar-refractivity contribution in [2.45, 2.75) is 46.0 Å². The summed E-state index contributed by atoms with van der Waals surface area (Å²) in [6.07, 6.45) is 3.85. The number of anilines is 1. The molecule has 3 rings (SSSR count). The summed E-state index contributed by atoms with van der Waals surface area (Å²) in [5, 5.41) is 3.54. The van der Waals surface area contributed by atoms with Gasteiger partial charge in [-0.25, -0.2) is 4.79 Å². The number of hydrogen-bond acceptors (Lipinski definition) is 5. The van der Waals surface area contributed by atoms with Crippen molar-refractivity contribution in [3.05, 3.63) is 45.8 Å². The van der Waals surface area contributed by atoms with E-state index in [1.54, 1.807) is 6.92 Å². The molecule has 1 heterocycles. The van der Waals surface area contributed by atoms with Gasteiger partial charge < -0.3 is 14.8 Å². The first-order valence-corrected chi connectivity index (χ1v) is 10.2. The fourth-order valence-electron chi connectivity index (χ4n) is 3.23. The first kappa shape index (κ1) is 19.4. The smallest absolute Gasteiger partial charge is 0.341 e. The number of fused-ring (bicyclic) bond motifs is 1. The van der Waals surface area contributed by atoms with Crippen LogP contribution in [0.25, 0.3) is 0 Å². The molecule has 0 atom stereocenters. The number of rotatable bonds is 8. The molecule has 27 heavy (non-hydrogen) atoms. The summed E-state index contributed by atoms with van der Waals surface area (Å²) in [6, 6.07) is 7.82. The Morgan fingerprint density at radius 3 is 2.81 bits per heavy atom. The number of nitrogens with one attached hydrogen (secondary N) is 1. The van der Waals surface area contributed by atoms with Gasteiger partial charge in [0, 0.05) is 11.3 Å². The van der Waals surface area contributed by atoms with Gasteiger partial charge in [0.25, 0.3) is 0 Å². The molecule has 1 amide bonds. The molecule has 1 aromatic carbocycles. The maximum Gasteiger partial charge on any atom is 0.341 e. The molecule has 144 valence electrons. The summed E-state index contributed by atoms with van der Waals surface area (Å²) < 4.78 is 10.9. The van der Waals surface area contributed by atoms with Gasteiger partial charge in [0.15, 0.2) is 0 Å². The number of benzene rings is 1. The molecular formula is C21H25NO4S. The van der Waals surface area contributed by atoms with E-state index < -0.39 is 0 Å². The third kappa shape index (κ3) is 4.69. The Morgan fingerprint density at radius 1 is 1.22 bits per heavy atom. The molecule has 1 aromatic heterocycles. The van der Waals surface area contributed by atoms with Crippen molar-refractivity contribution in [2.24, 2.45) is 0 Å². The normalized spacial score (nSPS) is 12.5. The fraction of sp³-hybridized carbons (Fsp3) is 0.429. The molecule has 2 aromatic rings. The van der Waals surface area contributed by atoms with Crippen LogP contribution in [-0.2, 0) is 22.4 Å². The van der Waals surface area contributed by atoms with Gasteiger partial charge in [-0.3, -0.25) is 4.79 Å². The van der Waals surface area contributed by atoms with Crippen molar-refractivity contribution in [2.75, 3.05) is 18.5 Å². The van der Waals surface area contributed by atoms with Gasteiger partial charge in [-0.1, -0.05) is 18.2 Å². The van der Waals surface area contributed by atoms with Gasteiger partial charge in [-0.2, -0.15) is 0 Å². The van der Waals surface area contributed by atoms with E-state index in [1.165, 1.54) is 16.2 Å². The molecule has 0 saturated heterocycles. The van der Waals surface area contributed by atoms with Gasteiger partial charge in [0.2, 0.25) is 5.91 Å². The Balaban J connectivity index is 1.55. The van der Waals surface area contributed by atoms with Crippen molar-refractivity contribution in [3.8, 4) is 5.75 Å². The van der Waals surface area contributed by atoms with Crippen LogP contribution < -0.4 is 10.1 Å². The van der Waals surface area contributed by atoms with E-state index >= 15 is 0 Å². The van der Waals surface area contributed by atoms with Gasteiger partial charge in [-0.05, 0) is 56.7 Å². The molecule has 1 N–H and O–H groups in total. The zero-order valence-corrected chi connectivity index (χ0v) is 16.6. The Morgan fingerprint density at radius 2 is 2.04 bits per heavy atom. The second-order valence-corrected chi connectivity index (χ2v) is 7.65. The Kier molecular flexibility index (Phi) is 6.50. The van der Waals surface area contributed by atoms with Gasteiger partial charge in [-0.15, -0.1) is 11.3 Å². The maximum absolute atomic E-state index is 12.3. The minimum atomic E-state index is -0.338. The second-order valence-electron chi connectivity index (χ2n) is 6.55. The highest BCUT2D eigenvalue weighted by molar-refractivity contribution is 7.17. The lowest BCUT2D eigenvalue weighted by Gasteiger charge is -2.10. The minimum Gasteiger partial charge on any atom is -0.493 e. The van der Waals surface area contributed by atoms with Gasteiger partial charge in [0.05, 0.1) is 18.8 Å². The molecule has 0 spiro atoms. The summed E-state index contributed by atoms with van der Waals surface area (Å²) in [7, 11) is 0. The van der Waals surface area contributed by atoms with E-state index in [-0.39, 0.29) is 11.9 Å². The third-order valence-electron chi connectivity index (χ3n) is 4.55. The average molecular weight is 388 g/mol. The SMILES string of the molecule is CCOC(=O)c1c(NC(=O)CCCOc2ccccc2C)sc2c1CCC2. The van der Waals surface area contributed by atoms with Crippen LogP contribution in [0.15, 0.2) is 24.3 Å². The van der Waals surface area contributed by atoms with Crippen molar-refractivity contribution < 1.29 is 19.1 Å². The number of carbonyl (C=O) groups excluding carboxylic acids is 2. The van der Waals surface area contributed by atoms with E-state index in [0.717, 1.165) is 36.1 Å². The summed E-state index contributed by atoms with van der Waals surface area (Å²) in [5.41, 5.74) is 2.68. The highest BCUT2D eigenvalue weighted by atomic mass is 32.1. The molecule has 6 heteroatoms. The number of hydrogen-bond donors (Lipinski definition) is 1. The lowest BCUT2D eigenvalue weighted by molar-refractivity contribution is -0.116. The molecule has 0 saturated carbocycles. The number of amides is 1. The molecule has 0 unspecified atom stereocenters. The van der Waals surface area contributed by atoms with Crippen molar-refractivity contribution in [1.82, 2.24) is 0 Å². The Hall–Kier alpha value is -2.34. The fourth-order valence-corrected chi connectivity index (χ4v) is 4.53. The van der Waals surface area contributed by atoms with E-state index in [9.17, 15) is 9.59 Å². The predicted octanol–water partition coefficient (Wildman–Crippen LogP) is 4.52. The van der Waals surface area contributed by atoms with Crippen LogP contribution in [0, 0.1) is 6.92 Å². The lowest BCUT2D eigenvalue weighted by atomic mass is 10.1. The molecule has 0 aliphatic heterocycles. The van der Waals surface area contributed by atoms with E-state index in [1.807, 2.05) is 31.2 Å². The van der Waals surface area contributed by atoms with Crippen LogP contribution in [0.1, 0.15) is 52.5 Å². The Bertz CT molecular complexity index is 828. The zero-order valence-electron chi connectivity index (χ0n) is 15.8. The summed E-state index contributed by atoms with van der Waals surface area (Å²) in [4.78, 5) is 25.9. The first-order chi connectivity index (χ1) is 13.1. The number of para-hydroxylation sites is 1. The number of thiophene rings is 1. The van der Waals surface area contributed by atoms with Crippen molar-refractivity contribution in [1.29, 1.82) is 0 Å². The quantitative estimate of drug-likeness (QED) is 0.534.